The molecule has 0 aromatic carbocycles. The van der Waals surface area contributed by atoms with Crippen molar-refractivity contribution in [3.8, 4) is 0 Å². The van der Waals surface area contributed by atoms with Crippen LogP contribution in [0.5, 0.6) is 0 Å². The minimum absolute atomic E-state index is 0. The molecule has 0 aliphatic rings. The van der Waals surface area contributed by atoms with Gasteiger partial charge in [0.25, 0.3) is 10.1 Å². The monoisotopic (exact) mass is 168 g/mol. The Morgan fingerprint density at radius 2 is 1.62 bits per heavy atom. The third kappa shape index (κ3) is 15.7. The molecule has 48 valence electrons. The Kier molecular flexibility index (Phi) is 12.9. The second-order valence-electron chi connectivity index (χ2n) is 0.871. The van der Waals surface area contributed by atoms with Crippen molar-refractivity contribution in [1.82, 2.24) is 0 Å². The van der Waals surface area contributed by atoms with E-state index in [0.29, 0.717) is 0 Å². The average molecular weight is 168 g/mol. The first-order chi connectivity index (χ1) is 2.56. The Hall–Kier alpha value is 1.26. The molecule has 0 aromatic heterocycles. The Morgan fingerprint density at radius 3 is 1.62 bits per heavy atom. The predicted molar refractivity (Wildman–Crippen MR) is 39.6 cm³/mol. The fourth-order valence-corrected chi connectivity index (χ4v) is 0. The third-order valence-corrected chi connectivity index (χ3v) is 1.09. The second-order valence-corrected chi connectivity index (χ2v) is 2.61. The molecular weight excluding hydrogens is 159 g/mol. The van der Waals surface area contributed by atoms with E-state index in [1.165, 1.54) is 6.92 Å². The normalized spacial score (nSPS) is 8.75. The molecule has 0 saturated heterocycles. The van der Waals surface area contributed by atoms with Gasteiger partial charge in [0.2, 0.25) is 0 Å². The Labute approximate surface area is 78.3 Å². The molecule has 0 unspecified atom stereocenters. The summed E-state index contributed by atoms with van der Waals surface area (Å²) in [7, 11) is -3.66. The number of rotatable bonds is 1. The van der Waals surface area contributed by atoms with Crippen LogP contribution in [0.2, 0.25) is 0 Å². The quantitative estimate of drug-likeness (QED) is 0.418. The van der Waals surface area contributed by atoms with Crippen molar-refractivity contribution in [2.24, 2.45) is 0 Å². The first-order valence-corrected chi connectivity index (χ1v) is 3.12. The van der Waals surface area contributed by atoms with E-state index in [9.17, 15) is 8.42 Å². The summed E-state index contributed by atoms with van der Waals surface area (Å²) >= 11 is 0. The van der Waals surface area contributed by atoms with Crippen LogP contribution in [-0.2, 0) is 10.1 Å². The van der Waals surface area contributed by atoms with Crippen molar-refractivity contribution >= 4 is 53.2 Å². The molecule has 0 rings (SSSR count). The zero-order valence-electron chi connectivity index (χ0n) is 3.88. The summed E-state index contributed by atoms with van der Waals surface area (Å²) in [5.74, 6) is -0.201. The predicted octanol–water partition coefficient (Wildman–Crippen LogP) is -0.642. The molecule has 0 spiro atoms. The van der Waals surface area contributed by atoms with Gasteiger partial charge in [-0.3, -0.25) is 4.55 Å². The molecule has 0 aliphatic heterocycles. The number of hydrogen-bond donors (Lipinski definition) is 1. The van der Waals surface area contributed by atoms with E-state index in [1.54, 1.807) is 0 Å². The van der Waals surface area contributed by atoms with Gasteiger partial charge in [0.1, 0.15) is 0 Å². The van der Waals surface area contributed by atoms with E-state index in [4.69, 9.17) is 4.55 Å². The van der Waals surface area contributed by atoms with Crippen molar-refractivity contribution in [1.29, 1.82) is 0 Å². The zero-order valence-corrected chi connectivity index (χ0v) is 5.70. The molecule has 1 N–H and O–H groups in total. The van der Waals surface area contributed by atoms with Crippen LogP contribution in [0.15, 0.2) is 0 Å². The number of hydrogen-bond acceptors (Lipinski definition) is 2. The molecular formula is C2H9NaO3S2. The van der Waals surface area contributed by atoms with Crippen LogP contribution in [0.3, 0.4) is 0 Å². The van der Waals surface area contributed by atoms with Crippen molar-refractivity contribution in [3.63, 3.8) is 0 Å². The molecule has 6 heteroatoms. The molecule has 0 fully saturated rings. The Morgan fingerprint density at radius 1 is 1.50 bits per heavy atom. The van der Waals surface area contributed by atoms with Gasteiger partial charge in [-0.05, 0) is 6.92 Å². The summed E-state index contributed by atoms with van der Waals surface area (Å²) in [5.41, 5.74) is 0. The molecule has 3 nitrogen and oxygen atoms in total. The topological polar surface area (TPSA) is 54.4 Å². The van der Waals surface area contributed by atoms with Gasteiger partial charge in [0.05, 0.1) is 5.75 Å². The van der Waals surface area contributed by atoms with Crippen molar-refractivity contribution in [2.75, 3.05) is 5.75 Å². The van der Waals surface area contributed by atoms with E-state index in [0.717, 1.165) is 0 Å². The third-order valence-electron chi connectivity index (χ3n) is 0.365. The van der Waals surface area contributed by atoms with Gasteiger partial charge < -0.3 is 0 Å². The Balaban J connectivity index is -0.000000125. The Bertz CT molecular complexity index is 117. The van der Waals surface area contributed by atoms with E-state index in [-0.39, 0.29) is 48.8 Å². The molecule has 0 atom stereocenters. The van der Waals surface area contributed by atoms with Gasteiger partial charge in [-0.1, -0.05) is 0 Å². The van der Waals surface area contributed by atoms with Crippen LogP contribution in [0, 0.1) is 0 Å². The second kappa shape index (κ2) is 6.38. The van der Waals surface area contributed by atoms with Crippen LogP contribution in [0.25, 0.3) is 0 Å². The summed E-state index contributed by atoms with van der Waals surface area (Å²) in [6, 6.07) is 0. The van der Waals surface area contributed by atoms with E-state index < -0.39 is 10.1 Å². The van der Waals surface area contributed by atoms with Crippen LogP contribution in [0.1, 0.15) is 6.92 Å². The van der Waals surface area contributed by atoms with Crippen LogP contribution in [0.4, 0.5) is 0 Å². The van der Waals surface area contributed by atoms with Crippen LogP contribution < -0.4 is 0 Å². The zero-order chi connectivity index (χ0) is 5.21. The molecule has 0 heterocycles. The summed E-state index contributed by atoms with van der Waals surface area (Å²) in [5, 5.41) is 0. The van der Waals surface area contributed by atoms with Crippen LogP contribution >= 0.6 is 13.5 Å². The molecule has 0 saturated carbocycles. The maximum absolute atomic E-state index is 9.56. The fraction of sp³-hybridized carbons (Fsp3) is 1.00. The van der Waals surface area contributed by atoms with Gasteiger partial charge in [-0.25, -0.2) is 0 Å². The molecule has 0 aromatic rings. The van der Waals surface area contributed by atoms with E-state index >= 15 is 0 Å². The van der Waals surface area contributed by atoms with Crippen molar-refractivity contribution in [3.05, 3.63) is 0 Å². The van der Waals surface area contributed by atoms with E-state index in [2.05, 4.69) is 0 Å². The molecule has 8 heavy (non-hydrogen) atoms. The summed E-state index contributed by atoms with van der Waals surface area (Å²) in [4.78, 5) is 0. The fourth-order valence-electron chi connectivity index (χ4n) is 0. The van der Waals surface area contributed by atoms with Gasteiger partial charge in [-0.15, -0.1) is 0 Å². The minimum atomic E-state index is -3.66. The van der Waals surface area contributed by atoms with Gasteiger partial charge in [0.15, 0.2) is 0 Å². The van der Waals surface area contributed by atoms with Gasteiger partial charge in [0, 0.05) is 0 Å². The summed E-state index contributed by atoms with van der Waals surface area (Å²) < 4.78 is 26.9. The van der Waals surface area contributed by atoms with Crippen LogP contribution in [-0.4, -0.2) is 48.3 Å². The molecule has 0 bridgehead atoms. The first kappa shape index (κ1) is 16.1. The molecule has 0 aliphatic carbocycles. The van der Waals surface area contributed by atoms with E-state index in [1.807, 2.05) is 0 Å². The average Bonchev–Trinajstić information content (AvgIpc) is 1.35. The maximum atomic E-state index is 9.56. The molecule has 0 radical (unpaired) electrons. The SMILES string of the molecule is CCS(=O)(=O)O.S.[NaH]. The van der Waals surface area contributed by atoms with Crippen molar-refractivity contribution < 1.29 is 13.0 Å². The summed E-state index contributed by atoms with van der Waals surface area (Å²) in [6.45, 7) is 1.37. The van der Waals surface area contributed by atoms with Crippen molar-refractivity contribution in [2.45, 2.75) is 6.92 Å². The van der Waals surface area contributed by atoms with Gasteiger partial charge >= 0.3 is 29.6 Å². The first-order valence-electron chi connectivity index (χ1n) is 1.51. The van der Waals surface area contributed by atoms with Gasteiger partial charge in [-0.2, -0.15) is 21.9 Å². The molecule has 0 amide bonds. The standard InChI is InChI=1S/C2H6O3S.Na.H2S.H/c1-2-6(3,4)5;;;/h2H2,1H3,(H,3,4,5);;1H2;. The summed E-state index contributed by atoms with van der Waals surface area (Å²) in [6.07, 6.45) is 0.